The highest BCUT2D eigenvalue weighted by molar-refractivity contribution is 7.09. The molecule has 0 aliphatic rings. The van der Waals surface area contributed by atoms with Gasteiger partial charge in [0.1, 0.15) is 5.75 Å². The van der Waals surface area contributed by atoms with E-state index in [1.165, 1.54) is 5.56 Å². The first-order valence-electron chi connectivity index (χ1n) is 6.15. The average molecular weight is 277 g/mol. The molecule has 0 radical (unpaired) electrons. The normalized spacial score (nSPS) is 12.4. The maximum absolute atomic E-state index is 5.69. The Labute approximate surface area is 117 Å². The van der Waals surface area contributed by atoms with Crippen LogP contribution < -0.4 is 16.0 Å². The van der Waals surface area contributed by atoms with Crippen LogP contribution in [0.3, 0.4) is 0 Å². The second-order valence-corrected chi connectivity index (χ2v) is 5.47. The molecular weight excluding hydrogens is 258 g/mol. The molecule has 19 heavy (non-hydrogen) atoms. The molecule has 0 fully saturated rings. The third-order valence-corrected chi connectivity index (χ3v) is 4.09. The van der Waals surface area contributed by atoms with E-state index in [-0.39, 0.29) is 6.04 Å². The Morgan fingerprint density at radius 2 is 2.21 bits per heavy atom. The standard InChI is InChI=1S/C14H19N3OS/c1-9-6-11(18-3)4-5-12(9)13(17-15)7-14-16-10(2)8-19-14/h4-6,8,13,17H,7,15H2,1-3H3. The van der Waals surface area contributed by atoms with Crippen molar-refractivity contribution in [2.45, 2.75) is 26.3 Å². The number of rotatable bonds is 5. The van der Waals surface area contributed by atoms with Gasteiger partial charge in [0.05, 0.1) is 18.2 Å². The summed E-state index contributed by atoms with van der Waals surface area (Å²) in [6.45, 7) is 4.07. The molecule has 4 nitrogen and oxygen atoms in total. The van der Waals surface area contributed by atoms with E-state index in [0.717, 1.165) is 28.4 Å². The summed E-state index contributed by atoms with van der Waals surface area (Å²) in [5.74, 6) is 6.56. The Bertz CT molecular complexity index is 553. The lowest BCUT2D eigenvalue weighted by molar-refractivity contribution is 0.414. The molecule has 1 unspecified atom stereocenters. The highest BCUT2D eigenvalue weighted by atomic mass is 32.1. The van der Waals surface area contributed by atoms with Gasteiger partial charge in [0.2, 0.25) is 0 Å². The molecule has 0 spiro atoms. The number of ether oxygens (including phenoxy) is 1. The third-order valence-electron chi connectivity index (χ3n) is 3.10. The molecule has 0 bridgehead atoms. The molecule has 0 amide bonds. The van der Waals surface area contributed by atoms with Gasteiger partial charge in [-0.1, -0.05) is 6.07 Å². The minimum Gasteiger partial charge on any atom is -0.497 e. The van der Waals surface area contributed by atoms with Crippen molar-refractivity contribution in [1.82, 2.24) is 10.4 Å². The van der Waals surface area contributed by atoms with E-state index in [9.17, 15) is 0 Å². The van der Waals surface area contributed by atoms with Crippen LogP contribution in [0.1, 0.15) is 27.9 Å². The van der Waals surface area contributed by atoms with Crippen LogP contribution in [0.5, 0.6) is 5.75 Å². The monoisotopic (exact) mass is 277 g/mol. The predicted octanol–water partition coefficient (Wildman–Crippen LogP) is 2.52. The maximum Gasteiger partial charge on any atom is 0.119 e. The number of hydrogen-bond acceptors (Lipinski definition) is 5. The molecule has 0 aliphatic heterocycles. The van der Waals surface area contributed by atoms with Gasteiger partial charge in [-0.05, 0) is 37.1 Å². The van der Waals surface area contributed by atoms with Crippen molar-refractivity contribution in [2.75, 3.05) is 7.11 Å². The third kappa shape index (κ3) is 3.32. The zero-order valence-corrected chi connectivity index (χ0v) is 12.3. The van der Waals surface area contributed by atoms with Crippen molar-refractivity contribution >= 4 is 11.3 Å². The Morgan fingerprint density at radius 1 is 1.42 bits per heavy atom. The molecule has 0 saturated heterocycles. The van der Waals surface area contributed by atoms with Gasteiger partial charge in [-0.15, -0.1) is 11.3 Å². The second-order valence-electron chi connectivity index (χ2n) is 4.53. The zero-order chi connectivity index (χ0) is 13.8. The van der Waals surface area contributed by atoms with Crippen LogP contribution in [0.2, 0.25) is 0 Å². The lowest BCUT2D eigenvalue weighted by Crippen LogP contribution is -2.30. The van der Waals surface area contributed by atoms with E-state index in [1.807, 2.05) is 19.1 Å². The summed E-state index contributed by atoms with van der Waals surface area (Å²) in [5.41, 5.74) is 6.28. The summed E-state index contributed by atoms with van der Waals surface area (Å²) >= 11 is 1.67. The van der Waals surface area contributed by atoms with Crippen LogP contribution in [-0.2, 0) is 6.42 Å². The minimum atomic E-state index is 0.0662. The van der Waals surface area contributed by atoms with Gasteiger partial charge in [-0.2, -0.15) is 0 Å². The number of benzene rings is 1. The van der Waals surface area contributed by atoms with Crippen LogP contribution in [0.25, 0.3) is 0 Å². The number of nitrogens with one attached hydrogen (secondary N) is 1. The first-order valence-corrected chi connectivity index (χ1v) is 7.03. The number of aromatic nitrogens is 1. The topological polar surface area (TPSA) is 60.2 Å². The number of hydrogen-bond donors (Lipinski definition) is 2. The van der Waals surface area contributed by atoms with E-state index in [0.29, 0.717) is 0 Å². The summed E-state index contributed by atoms with van der Waals surface area (Å²) in [6.07, 6.45) is 0.794. The van der Waals surface area contributed by atoms with Gasteiger partial charge in [0.15, 0.2) is 0 Å². The van der Waals surface area contributed by atoms with Crippen molar-refractivity contribution in [3.05, 3.63) is 45.4 Å². The number of nitrogens with two attached hydrogens (primary N) is 1. The molecule has 1 heterocycles. The molecule has 0 saturated carbocycles. The highest BCUT2D eigenvalue weighted by Crippen LogP contribution is 2.25. The van der Waals surface area contributed by atoms with E-state index in [1.54, 1.807) is 18.4 Å². The van der Waals surface area contributed by atoms with E-state index in [2.05, 4.69) is 28.8 Å². The number of aryl methyl sites for hydroxylation is 2. The molecular formula is C14H19N3OS. The summed E-state index contributed by atoms with van der Waals surface area (Å²) in [4.78, 5) is 4.49. The summed E-state index contributed by atoms with van der Waals surface area (Å²) < 4.78 is 5.22. The Morgan fingerprint density at radius 3 is 2.74 bits per heavy atom. The fraction of sp³-hybridized carbons (Fsp3) is 0.357. The molecule has 3 N–H and O–H groups in total. The summed E-state index contributed by atoms with van der Waals surface area (Å²) in [7, 11) is 1.67. The van der Waals surface area contributed by atoms with E-state index >= 15 is 0 Å². The van der Waals surface area contributed by atoms with Gasteiger partial charge < -0.3 is 4.74 Å². The fourth-order valence-corrected chi connectivity index (χ4v) is 2.91. The molecule has 2 aromatic rings. The predicted molar refractivity (Wildman–Crippen MR) is 78.4 cm³/mol. The number of thiazole rings is 1. The number of methoxy groups -OCH3 is 1. The van der Waals surface area contributed by atoms with Crippen molar-refractivity contribution in [1.29, 1.82) is 0 Å². The fourth-order valence-electron chi connectivity index (χ4n) is 2.10. The van der Waals surface area contributed by atoms with Gasteiger partial charge in [0.25, 0.3) is 0 Å². The lowest BCUT2D eigenvalue weighted by Gasteiger charge is -2.18. The SMILES string of the molecule is COc1ccc(C(Cc2nc(C)cs2)NN)c(C)c1. The van der Waals surface area contributed by atoms with Crippen LogP contribution in [0.15, 0.2) is 23.6 Å². The minimum absolute atomic E-state index is 0.0662. The second kappa shape index (κ2) is 6.14. The van der Waals surface area contributed by atoms with Crippen LogP contribution in [0.4, 0.5) is 0 Å². The van der Waals surface area contributed by atoms with E-state index in [4.69, 9.17) is 10.6 Å². The quantitative estimate of drug-likeness (QED) is 0.651. The smallest absolute Gasteiger partial charge is 0.119 e. The Hall–Kier alpha value is -1.43. The van der Waals surface area contributed by atoms with Gasteiger partial charge in [-0.25, -0.2) is 4.98 Å². The highest BCUT2D eigenvalue weighted by Gasteiger charge is 2.15. The first kappa shape index (κ1) is 14.0. The van der Waals surface area contributed by atoms with Crippen molar-refractivity contribution in [3.8, 4) is 5.75 Å². The van der Waals surface area contributed by atoms with Gasteiger partial charge in [0, 0.05) is 17.5 Å². The molecule has 2 rings (SSSR count). The summed E-state index contributed by atoms with van der Waals surface area (Å²) in [6, 6.07) is 6.10. The van der Waals surface area contributed by atoms with Crippen molar-refractivity contribution < 1.29 is 4.74 Å². The van der Waals surface area contributed by atoms with Crippen molar-refractivity contribution in [3.63, 3.8) is 0 Å². The van der Waals surface area contributed by atoms with Crippen LogP contribution in [0, 0.1) is 13.8 Å². The molecule has 1 atom stereocenters. The molecule has 1 aromatic carbocycles. The molecule has 102 valence electrons. The van der Waals surface area contributed by atoms with Crippen molar-refractivity contribution in [2.24, 2.45) is 5.84 Å². The summed E-state index contributed by atoms with van der Waals surface area (Å²) in [5, 5.41) is 3.15. The largest absolute Gasteiger partial charge is 0.497 e. The maximum atomic E-state index is 5.69. The average Bonchev–Trinajstić information content (AvgIpc) is 2.81. The van der Waals surface area contributed by atoms with Crippen LogP contribution >= 0.6 is 11.3 Å². The number of nitrogens with zero attached hydrogens (tertiary/aromatic N) is 1. The van der Waals surface area contributed by atoms with Gasteiger partial charge >= 0.3 is 0 Å². The van der Waals surface area contributed by atoms with Crippen LogP contribution in [-0.4, -0.2) is 12.1 Å². The van der Waals surface area contributed by atoms with Gasteiger partial charge in [-0.3, -0.25) is 11.3 Å². The zero-order valence-electron chi connectivity index (χ0n) is 11.4. The number of hydrazine groups is 1. The Kier molecular flexibility index (Phi) is 4.52. The molecule has 0 aliphatic carbocycles. The molecule has 5 heteroatoms. The van der Waals surface area contributed by atoms with E-state index < -0.39 is 0 Å². The Balaban J connectivity index is 2.21. The first-order chi connectivity index (χ1) is 9.13. The lowest BCUT2D eigenvalue weighted by atomic mass is 9.99. The molecule has 1 aromatic heterocycles.